The fraction of sp³-hybridized carbons (Fsp3) is 0.267. The molecule has 2 N–H and O–H groups in total. The van der Waals surface area contributed by atoms with Crippen LogP contribution in [-0.4, -0.2) is 26.5 Å². The molecule has 1 amide bonds. The number of aromatic nitrogens is 2. The lowest BCUT2D eigenvalue weighted by Gasteiger charge is -2.04. The molecule has 2 rings (SSSR count). The highest BCUT2D eigenvalue weighted by Crippen LogP contribution is 2.07. The van der Waals surface area contributed by atoms with Gasteiger partial charge in [0, 0.05) is 19.7 Å². The molecule has 0 saturated carbocycles. The van der Waals surface area contributed by atoms with E-state index < -0.39 is 5.97 Å². The molecular weight excluding hydrogens is 270 g/mol. The number of hydrogen-bond acceptors (Lipinski definition) is 3. The van der Waals surface area contributed by atoms with Crippen LogP contribution < -0.4 is 5.32 Å². The number of imidazole rings is 1. The van der Waals surface area contributed by atoms with E-state index in [9.17, 15) is 9.59 Å². The summed E-state index contributed by atoms with van der Waals surface area (Å²) in [5, 5.41) is 11.6. The van der Waals surface area contributed by atoms with Gasteiger partial charge in [0.25, 0.3) is 0 Å². The highest BCUT2D eigenvalue weighted by atomic mass is 16.4. The molecule has 1 aromatic heterocycles. The Labute approximate surface area is 122 Å². The molecule has 0 spiro atoms. The molecule has 0 unspecified atom stereocenters. The zero-order valence-corrected chi connectivity index (χ0v) is 11.7. The van der Waals surface area contributed by atoms with Gasteiger partial charge in [-0.15, -0.1) is 0 Å². The van der Waals surface area contributed by atoms with Gasteiger partial charge in [-0.1, -0.05) is 12.1 Å². The predicted octanol–water partition coefficient (Wildman–Crippen LogP) is 1.37. The first kappa shape index (κ1) is 14.8. The molecule has 1 heterocycles. The van der Waals surface area contributed by atoms with Gasteiger partial charge < -0.3 is 15.0 Å². The molecule has 1 aromatic carbocycles. The van der Waals surface area contributed by atoms with Gasteiger partial charge in [0.15, 0.2) is 0 Å². The van der Waals surface area contributed by atoms with Crippen LogP contribution >= 0.6 is 0 Å². The maximum absolute atomic E-state index is 11.7. The summed E-state index contributed by atoms with van der Waals surface area (Å²) >= 11 is 0. The van der Waals surface area contributed by atoms with Crippen LogP contribution in [0.15, 0.2) is 36.8 Å². The number of nitrogens with zero attached hydrogens (tertiary/aromatic N) is 2. The van der Waals surface area contributed by atoms with Gasteiger partial charge in [-0.25, -0.2) is 9.78 Å². The second-order valence-electron chi connectivity index (χ2n) is 4.81. The fourth-order valence-electron chi connectivity index (χ4n) is 1.91. The normalized spacial score (nSPS) is 10.3. The molecule has 0 radical (unpaired) electrons. The number of carboxylic acid groups (broad SMARTS) is 1. The molecule has 0 saturated heterocycles. The Bertz CT molecular complexity index is 632. The SMILES string of the molecule is Cn1cnc(CNC(=O)CCc2ccc(C(=O)O)cc2)c1. The summed E-state index contributed by atoms with van der Waals surface area (Å²) in [6.45, 7) is 0.414. The van der Waals surface area contributed by atoms with Gasteiger partial charge >= 0.3 is 5.97 Å². The molecule has 0 bridgehead atoms. The van der Waals surface area contributed by atoms with E-state index in [4.69, 9.17) is 5.11 Å². The minimum absolute atomic E-state index is 0.0528. The van der Waals surface area contributed by atoms with E-state index in [2.05, 4.69) is 10.3 Å². The van der Waals surface area contributed by atoms with Crippen molar-refractivity contribution in [3.63, 3.8) is 0 Å². The number of aromatic carboxylic acids is 1. The zero-order chi connectivity index (χ0) is 15.2. The first-order chi connectivity index (χ1) is 10.0. The number of benzene rings is 1. The van der Waals surface area contributed by atoms with Gasteiger partial charge in [0.05, 0.1) is 24.1 Å². The monoisotopic (exact) mass is 287 g/mol. The van der Waals surface area contributed by atoms with Crippen molar-refractivity contribution in [2.45, 2.75) is 19.4 Å². The average molecular weight is 287 g/mol. The minimum atomic E-state index is -0.949. The number of aryl methyl sites for hydroxylation is 2. The lowest BCUT2D eigenvalue weighted by Crippen LogP contribution is -2.23. The van der Waals surface area contributed by atoms with Crippen molar-refractivity contribution < 1.29 is 14.7 Å². The van der Waals surface area contributed by atoms with E-state index in [1.165, 1.54) is 0 Å². The van der Waals surface area contributed by atoms with Crippen LogP contribution in [0.1, 0.15) is 28.0 Å². The second-order valence-corrected chi connectivity index (χ2v) is 4.81. The summed E-state index contributed by atoms with van der Waals surface area (Å²) in [6.07, 6.45) is 4.48. The van der Waals surface area contributed by atoms with Crippen molar-refractivity contribution in [2.24, 2.45) is 7.05 Å². The van der Waals surface area contributed by atoms with E-state index in [1.807, 2.05) is 17.8 Å². The van der Waals surface area contributed by atoms with Gasteiger partial charge in [-0.2, -0.15) is 0 Å². The molecule has 21 heavy (non-hydrogen) atoms. The van der Waals surface area contributed by atoms with Crippen molar-refractivity contribution in [2.75, 3.05) is 0 Å². The number of carboxylic acids is 1. The lowest BCUT2D eigenvalue weighted by atomic mass is 10.1. The Hall–Kier alpha value is -2.63. The van der Waals surface area contributed by atoms with Gasteiger partial charge in [0.1, 0.15) is 0 Å². The summed E-state index contributed by atoms with van der Waals surface area (Å²) in [5.74, 6) is -1.00. The lowest BCUT2D eigenvalue weighted by molar-refractivity contribution is -0.121. The maximum atomic E-state index is 11.7. The van der Waals surface area contributed by atoms with E-state index in [1.54, 1.807) is 30.6 Å². The van der Waals surface area contributed by atoms with Crippen LogP contribution in [0.4, 0.5) is 0 Å². The van der Waals surface area contributed by atoms with E-state index in [0.29, 0.717) is 19.4 Å². The molecule has 2 aromatic rings. The smallest absolute Gasteiger partial charge is 0.335 e. The Morgan fingerprint density at radius 1 is 1.29 bits per heavy atom. The number of carbonyl (C=O) groups is 2. The summed E-state index contributed by atoms with van der Waals surface area (Å²) in [7, 11) is 1.87. The molecule has 0 aliphatic carbocycles. The number of nitrogens with one attached hydrogen (secondary N) is 1. The second kappa shape index (κ2) is 6.69. The number of rotatable bonds is 6. The fourth-order valence-corrected chi connectivity index (χ4v) is 1.91. The highest BCUT2D eigenvalue weighted by molar-refractivity contribution is 5.87. The Morgan fingerprint density at radius 2 is 2.00 bits per heavy atom. The van der Waals surface area contributed by atoms with Crippen molar-refractivity contribution in [1.29, 1.82) is 0 Å². The standard InChI is InChI=1S/C15H17N3O3/c1-18-9-13(17-10-18)8-16-14(19)7-4-11-2-5-12(6-3-11)15(20)21/h2-3,5-6,9-10H,4,7-8H2,1H3,(H,16,19)(H,20,21). The largest absolute Gasteiger partial charge is 0.478 e. The average Bonchev–Trinajstić information content (AvgIpc) is 2.89. The van der Waals surface area contributed by atoms with E-state index in [-0.39, 0.29) is 11.5 Å². The van der Waals surface area contributed by atoms with E-state index >= 15 is 0 Å². The van der Waals surface area contributed by atoms with Crippen LogP contribution in [0.2, 0.25) is 0 Å². The summed E-state index contributed by atoms with van der Waals surface area (Å²) in [6, 6.07) is 6.55. The van der Waals surface area contributed by atoms with Crippen molar-refractivity contribution >= 4 is 11.9 Å². The topological polar surface area (TPSA) is 84.2 Å². The molecule has 0 atom stereocenters. The Kier molecular flexibility index (Phi) is 4.71. The Balaban J connectivity index is 1.77. The summed E-state index contributed by atoms with van der Waals surface area (Å²) in [5.41, 5.74) is 2.00. The van der Waals surface area contributed by atoms with Crippen LogP contribution in [0.25, 0.3) is 0 Å². The van der Waals surface area contributed by atoms with Gasteiger partial charge in [-0.3, -0.25) is 4.79 Å². The van der Waals surface area contributed by atoms with Crippen molar-refractivity contribution in [3.05, 3.63) is 53.6 Å². The molecule has 0 aliphatic heterocycles. The quantitative estimate of drug-likeness (QED) is 0.840. The zero-order valence-electron chi connectivity index (χ0n) is 11.7. The molecular formula is C15H17N3O3. The minimum Gasteiger partial charge on any atom is -0.478 e. The molecule has 0 fully saturated rings. The number of carbonyl (C=O) groups excluding carboxylic acids is 1. The highest BCUT2D eigenvalue weighted by Gasteiger charge is 2.05. The third kappa shape index (κ3) is 4.45. The van der Waals surface area contributed by atoms with Crippen LogP contribution in [-0.2, 0) is 24.8 Å². The third-order valence-electron chi connectivity index (χ3n) is 3.07. The van der Waals surface area contributed by atoms with Gasteiger partial charge in [-0.05, 0) is 24.1 Å². The Morgan fingerprint density at radius 3 is 2.57 bits per heavy atom. The van der Waals surface area contributed by atoms with Gasteiger partial charge in [0.2, 0.25) is 5.91 Å². The predicted molar refractivity (Wildman–Crippen MR) is 76.8 cm³/mol. The van der Waals surface area contributed by atoms with Crippen LogP contribution in [0, 0.1) is 0 Å². The summed E-state index contributed by atoms with van der Waals surface area (Å²) in [4.78, 5) is 26.6. The first-order valence-corrected chi connectivity index (χ1v) is 6.60. The number of hydrogen-bond donors (Lipinski definition) is 2. The molecule has 0 aliphatic rings. The molecule has 6 heteroatoms. The summed E-state index contributed by atoms with van der Waals surface area (Å²) < 4.78 is 1.82. The number of amides is 1. The van der Waals surface area contributed by atoms with Crippen LogP contribution in [0.5, 0.6) is 0 Å². The van der Waals surface area contributed by atoms with Crippen molar-refractivity contribution in [1.82, 2.24) is 14.9 Å². The first-order valence-electron chi connectivity index (χ1n) is 6.60. The van der Waals surface area contributed by atoms with Crippen molar-refractivity contribution in [3.8, 4) is 0 Å². The third-order valence-corrected chi connectivity index (χ3v) is 3.07. The maximum Gasteiger partial charge on any atom is 0.335 e. The van der Waals surface area contributed by atoms with E-state index in [0.717, 1.165) is 11.3 Å². The van der Waals surface area contributed by atoms with Crippen LogP contribution in [0.3, 0.4) is 0 Å². The molecule has 110 valence electrons. The molecule has 6 nitrogen and oxygen atoms in total.